The van der Waals surface area contributed by atoms with E-state index in [0.717, 1.165) is 34.9 Å². The van der Waals surface area contributed by atoms with Crippen molar-refractivity contribution < 1.29 is 0 Å². The van der Waals surface area contributed by atoms with Crippen LogP contribution in [-0.4, -0.2) is 9.97 Å². The Hall–Kier alpha value is -1.77. The average Bonchev–Trinajstić information content (AvgIpc) is 2.60. The molecule has 0 fully saturated rings. The van der Waals surface area contributed by atoms with Gasteiger partial charge in [0.15, 0.2) is 0 Å². The second-order valence-electron chi connectivity index (χ2n) is 4.88. The lowest BCUT2D eigenvalue weighted by Crippen LogP contribution is -1.96. The normalized spacial score (nSPS) is 11.1. The van der Waals surface area contributed by atoms with Gasteiger partial charge in [-0.2, -0.15) is 0 Å². The Balaban J connectivity index is 2.31. The van der Waals surface area contributed by atoms with Crippen LogP contribution in [0.1, 0.15) is 25.2 Å². The number of nitrogens with two attached hydrogens (primary N) is 1. The molecule has 1 aromatic carbocycles. The molecule has 17 heavy (non-hydrogen) atoms. The van der Waals surface area contributed by atoms with Crippen LogP contribution in [0.4, 0.5) is 5.69 Å². The first-order valence-corrected chi connectivity index (χ1v) is 5.97. The van der Waals surface area contributed by atoms with E-state index in [1.165, 1.54) is 0 Å². The summed E-state index contributed by atoms with van der Waals surface area (Å²) in [5.41, 5.74) is 9.85. The second-order valence-corrected chi connectivity index (χ2v) is 4.88. The molecule has 1 heterocycles. The van der Waals surface area contributed by atoms with Crippen LogP contribution in [-0.2, 0) is 6.42 Å². The molecule has 0 aliphatic heterocycles. The van der Waals surface area contributed by atoms with Crippen molar-refractivity contribution in [2.45, 2.75) is 27.2 Å². The van der Waals surface area contributed by atoms with Crippen LogP contribution in [0.3, 0.4) is 0 Å². The van der Waals surface area contributed by atoms with Gasteiger partial charge in [0.1, 0.15) is 5.82 Å². The number of hydrogen-bond donors (Lipinski definition) is 2. The molecule has 0 aliphatic rings. The number of benzene rings is 1. The van der Waals surface area contributed by atoms with E-state index in [9.17, 15) is 0 Å². The quantitative estimate of drug-likeness (QED) is 0.794. The van der Waals surface area contributed by atoms with Crippen molar-refractivity contribution in [3.8, 4) is 11.4 Å². The van der Waals surface area contributed by atoms with Crippen LogP contribution in [0, 0.1) is 12.8 Å². The van der Waals surface area contributed by atoms with Crippen molar-refractivity contribution in [2.24, 2.45) is 5.92 Å². The van der Waals surface area contributed by atoms with Crippen molar-refractivity contribution in [3.05, 3.63) is 35.7 Å². The maximum Gasteiger partial charge on any atom is 0.137 e. The molecule has 0 saturated carbocycles. The van der Waals surface area contributed by atoms with Crippen molar-refractivity contribution >= 4 is 5.69 Å². The molecule has 3 N–H and O–H groups in total. The number of anilines is 1. The fourth-order valence-electron chi connectivity index (χ4n) is 1.86. The predicted octanol–water partition coefficient (Wildman–Crippen LogP) is 3.17. The van der Waals surface area contributed by atoms with E-state index in [2.05, 4.69) is 30.7 Å². The zero-order valence-electron chi connectivity index (χ0n) is 10.6. The summed E-state index contributed by atoms with van der Waals surface area (Å²) in [4.78, 5) is 7.99. The fraction of sp³-hybridized carbons (Fsp3) is 0.357. The van der Waals surface area contributed by atoms with Gasteiger partial charge in [0.25, 0.3) is 0 Å². The van der Waals surface area contributed by atoms with E-state index in [0.29, 0.717) is 5.92 Å². The van der Waals surface area contributed by atoms with Crippen LogP contribution >= 0.6 is 0 Å². The van der Waals surface area contributed by atoms with Crippen LogP contribution in [0.5, 0.6) is 0 Å². The van der Waals surface area contributed by atoms with Gasteiger partial charge in [0.2, 0.25) is 0 Å². The van der Waals surface area contributed by atoms with Gasteiger partial charge >= 0.3 is 0 Å². The standard InChI is InChI=1S/C14H19N3/c1-9(2)8-13-10(3)16-14(17-13)11-4-6-12(15)7-5-11/h4-7,9H,8,15H2,1-3H3,(H,16,17). The zero-order chi connectivity index (χ0) is 12.4. The lowest BCUT2D eigenvalue weighted by atomic mass is 10.1. The van der Waals surface area contributed by atoms with Crippen LogP contribution < -0.4 is 5.73 Å². The molecule has 0 unspecified atom stereocenters. The second kappa shape index (κ2) is 4.62. The first-order valence-electron chi connectivity index (χ1n) is 5.97. The summed E-state index contributed by atoms with van der Waals surface area (Å²) >= 11 is 0. The average molecular weight is 229 g/mol. The topological polar surface area (TPSA) is 54.7 Å². The minimum absolute atomic E-state index is 0.622. The smallest absolute Gasteiger partial charge is 0.137 e. The molecule has 2 rings (SSSR count). The molecular weight excluding hydrogens is 210 g/mol. The maximum atomic E-state index is 5.68. The van der Waals surface area contributed by atoms with Gasteiger partial charge in [-0.25, -0.2) is 4.98 Å². The largest absolute Gasteiger partial charge is 0.399 e. The van der Waals surface area contributed by atoms with Crippen LogP contribution in [0.2, 0.25) is 0 Å². The van der Waals surface area contributed by atoms with Gasteiger partial charge in [0, 0.05) is 16.9 Å². The first-order chi connectivity index (χ1) is 8.06. The molecule has 3 heteroatoms. The van der Waals surface area contributed by atoms with Crippen molar-refractivity contribution in [1.82, 2.24) is 9.97 Å². The van der Waals surface area contributed by atoms with E-state index in [1.54, 1.807) is 0 Å². The van der Waals surface area contributed by atoms with Gasteiger partial charge in [-0.3, -0.25) is 0 Å². The molecule has 90 valence electrons. The maximum absolute atomic E-state index is 5.68. The van der Waals surface area contributed by atoms with Gasteiger partial charge in [-0.05, 0) is 43.5 Å². The van der Waals surface area contributed by atoms with Crippen LogP contribution in [0.15, 0.2) is 24.3 Å². The number of hydrogen-bond acceptors (Lipinski definition) is 2. The Kier molecular flexibility index (Phi) is 3.18. The van der Waals surface area contributed by atoms with E-state index in [-0.39, 0.29) is 0 Å². The highest BCUT2D eigenvalue weighted by Crippen LogP contribution is 2.20. The molecule has 0 amide bonds. The Labute approximate surface area is 102 Å². The van der Waals surface area contributed by atoms with Crippen LogP contribution in [0.25, 0.3) is 11.4 Å². The monoisotopic (exact) mass is 229 g/mol. The minimum Gasteiger partial charge on any atom is -0.399 e. The third-order valence-electron chi connectivity index (χ3n) is 2.77. The molecule has 1 aromatic heterocycles. The summed E-state index contributed by atoms with van der Waals surface area (Å²) in [5.74, 6) is 1.55. The Morgan fingerprint density at radius 3 is 2.47 bits per heavy atom. The molecule has 2 aromatic rings. The number of nitrogens with zero attached hydrogens (tertiary/aromatic N) is 1. The summed E-state index contributed by atoms with van der Waals surface area (Å²) < 4.78 is 0. The number of imidazole rings is 1. The van der Waals surface area contributed by atoms with E-state index < -0.39 is 0 Å². The molecular formula is C14H19N3. The fourth-order valence-corrected chi connectivity index (χ4v) is 1.86. The summed E-state index contributed by atoms with van der Waals surface area (Å²) in [6, 6.07) is 7.78. The van der Waals surface area contributed by atoms with Gasteiger partial charge < -0.3 is 10.7 Å². The summed E-state index contributed by atoms with van der Waals surface area (Å²) in [6.07, 6.45) is 1.01. The van der Waals surface area contributed by atoms with Gasteiger partial charge in [-0.1, -0.05) is 13.8 Å². The Bertz CT molecular complexity index is 495. The molecule has 0 bridgehead atoms. The number of aromatic nitrogens is 2. The summed E-state index contributed by atoms with van der Waals surface area (Å²) in [5, 5.41) is 0. The number of nitrogen functional groups attached to an aromatic ring is 1. The molecule has 0 saturated heterocycles. The summed E-state index contributed by atoms with van der Waals surface area (Å²) in [6.45, 7) is 6.49. The number of aromatic amines is 1. The zero-order valence-corrected chi connectivity index (χ0v) is 10.6. The minimum atomic E-state index is 0.622. The van der Waals surface area contributed by atoms with Gasteiger partial charge in [0.05, 0.1) is 5.69 Å². The number of aryl methyl sites for hydroxylation is 1. The molecule has 0 aliphatic carbocycles. The highest BCUT2D eigenvalue weighted by molar-refractivity contribution is 5.59. The lowest BCUT2D eigenvalue weighted by Gasteiger charge is -2.01. The number of H-pyrrole nitrogens is 1. The van der Waals surface area contributed by atoms with E-state index in [4.69, 9.17) is 5.73 Å². The van der Waals surface area contributed by atoms with E-state index >= 15 is 0 Å². The highest BCUT2D eigenvalue weighted by atomic mass is 14.9. The third-order valence-corrected chi connectivity index (χ3v) is 2.77. The Morgan fingerprint density at radius 2 is 1.88 bits per heavy atom. The van der Waals surface area contributed by atoms with Crippen molar-refractivity contribution in [1.29, 1.82) is 0 Å². The summed E-state index contributed by atoms with van der Waals surface area (Å²) in [7, 11) is 0. The highest BCUT2D eigenvalue weighted by Gasteiger charge is 2.09. The predicted molar refractivity (Wildman–Crippen MR) is 71.7 cm³/mol. The molecule has 0 atom stereocenters. The molecule has 0 radical (unpaired) electrons. The molecule has 0 spiro atoms. The number of rotatable bonds is 3. The number of nitrogens with one attached hydrogen (secondary N) is 1. The van der Waals surface area contributed by atoms with Crippen molar-refractivity contribution in [3.63, 3.8) is 0 Å². The Morgan fingerprint density at radius 1 is 1.24 bits per heavy atom. The lowest BCUT2D eigenvalue weighted by molar-refractivity contribution is 0.635. The van der Waals surface area contributed by atoms with Gasteiger partial charge in [-0.15, -0.1) is 0 Å². The first kappa shape index (κ1) is 11.7. The third kappa shape index (κ3) is 2.67. The SMILES string of the molecule is Cc1[nH]c(-c2ccc(N)cc2)nc1CC(C)C. The van der Waals surface area contributed by atoms with E-state index in [1.807, 2.05) is 24.3 Å². The van der Waals surface area contributed by atoms with Crippen molar-refractivity contribution in [2.75, 3.05) is 5.73 Å². The molecule has 3 nitrogen and oxygen atoms in total.